The van der Waals surface area contributed by atoms with Crippen molar-refractivity contribution in [1.82, 2.24) is 9.62 Å². The number of benzene rings is 3. The van der Waals surface area contributed by atoms with Crippen molar-refractivity contribution in [2.45, 2.75) is 29.1 Å². The molecule has 0 atom stereocenters. The van der Waals surface area contributed by atoms with Crippen LogP contribution in [0.4, 0.5) is 5.69 Å². The molecule has 13 heteroatoms. The largest absolute Gasteiger partial charge is 0.493 e. The molecule has 11 nitrogen and oxygen atoms in total. The lowest BCUT2D eigenvalue weighted by atomic mass is 10.2. The monoisotopic (exact) mass is 617 g/mol. The van der Waals surface area contributed by atoms with Crippen molar-refractivity contribution in [3.05, 3.63) is 72.3 Å². The standard InChI is InChI=1S/C29H35N3O8S2/c1-31(41(34,35)26-15-16-27(38-2)28(21-26)39-3)23-9-7-22(8-10-23)29(33)30-17-20-40-24-11-13-25(14-12-24)42(36,37)32-18-5-4-6-19-32/h7-16,21H,4-6,17-20H2,1-3H3,(H,30,33). The topological polar surface area (TPSA) is 132 Å². The van der Waals surface area contributed by atoms with E-state index in [1.165, 1.54) is 68.0 Å². The lowest BCUT2D eigenvalue weighted by molar-refractivity contribution is 0.0947. The third-order valence-corrected chi connectivity index (χ3v) is 10.6. The molecular weight excluding hydrogens is 582 g/mol. The maximum absolute atomic E-state index is 13.2. The van der Waals surface area contributed by atoms with Crippen molar-refractivity contribution in [1.29, 1.82) is 0 Å². The number of rotatable bonds is 12. The number of carbonyl (C=O) groups is 1. The second-order valence-corrected chi connectivity index (χ2v) is 13.5. The summed E-state index contributed by atoms with van der Waals surface area (Å²) in [5.74, 6) is 0.848. The molecule has 0 unspecified atom stereocenters. The van der Waals surface area contributed by atoms with Crippen LogP contribution in [0.2, 0.25) is 0 Å². The number of hydrogen-bond donors (Lipinski definition) is 1. The molecule has 42 heavy (non-hydrogen) atoms. The fourth-order valence-electron chi connectivity index (χ4n) is 4.49. The fraction of sp³-hybridized carbons (Fsp3) is 0.345. The molecule has 1 amide bonds. The molecule has 1 heterocycles. The highest BCUT2D eigenvalue weighted by molar-refractivity contribution is 7.92. The quantitative estimate of drug-likeness (QED) is 0.306. The minimum atomic E-state index is -3.90. The van der Waals surface area contributed by atoms with Crippen LogP contribution >= 0.6 is 0 Å². The van der Waals surface area contributed by atoms with Gasteiger partial charge in [0.05, 0.1) is 36.2 Å². The minimum Gasteiger partial charge on any atom is -0.493 e. The third-order valence-electron chi connectivity index (χ3n) is 6.94. The number of hydrogen-bond acceptors (Lipinski definition) is 8. The Balaban J connectivity index is 1.29. The number of piperidine rings is 1. The highest BCUT2D eigenvalue weighted by atomic mass is 32.2. The summed E-state index contributed by atoms with van der Waals surface area (Å²) in [6.45, 7) is 1.46. The molecule has 1 N–H and O–H groups in total. The zero-order valence-corrected chi connectivity index (χ0v) is 25.4. The van der Waals surface area contributed by atoms with Gasteiger partial charge in [-0.25, -0.2) is 16.8 Å². The van der Waals surface area contributed by atoms with Gasteiger partial charge in [-0.1, -0.05) is 6.42 Å². The Morgan fingerprint density at radius 3 is 2.07 bits per heavy atom. The Labute approximate surface area is 247 Å². The van der Waals surface area contributed by atoms with E-state index in [4.69, 9.17) is 14.2 Å². The SMILES string of the molecule is COc1ccc(S(=O)(=O)N(C)c2ccc(C(=O)NCCOc3ccc(S(=O)(=O)N4CCCCC4)cc3)cc2)cc1OC. The Bertz CT molecular complexity index is 1590. The number of anilines is 1. The van der Waals surface area contributed by atoms with Gasteiger partial charge in [0.25, 0.3) is 15.9 Å². The molecule has 0 radical (unpaired) electrons. The first-order valence-corrected chi connectivity index (χ1v) is 16.3. The van der Waals surface area contributed by atoms with Gasteiger partial charge < -0.3 is 19.5 Å². The number of amides is 1. The molecule has 4 rings (SSSR count). The van der Waals surface area contributed by atoms with Crippen molar-refractivity contribution in [3.8, 4) is 17.2 Å². The van der Waals surface area contributed by atoms with Gasteiger partial charge in [0.2, 0.25) is 10.0 Å². The van der Waals surface area contributed by atoms with E-state index in [2.05, 4.69) is 5.32 Å². The first kappa shape index (κ1) is 31.1. The van der Waals surface area contributed by atoms with Gasteiger partial charge >= 0.3 is 0 Å². The van der Waals surface area contributed by atoms with E-state index in [1.54, 1.807) is 24.3 Å². The van der Waals surface area contributed by atoms with Crippen LogP contribution in [0.3, 0.4) is 0 Å². The van der Waals surface area contributed by atoms with E-state index in [0.29, 0.717) is 41.6 Å². The Morgan fingerprint density at radius 1 is 0.833 bits per heavy atom. The molecule has 3 aromatic rings. The van der Waals surface area contributed by atoms with Crippen molar-refractivity contribution in [3.63, 3.8) is 0 Å². The summed E-state index contributed by atoms with van der Waals surface area (Å²) in [4.78, 5) is 12.9. The van der Waals surface area contributed by atoms with Crippen molar-refractivity contribution in [2.75, 3.05) is 51.8 Å². The predicted octanol–water partition coefficient (Wildman–Crippen LogP) is 3.51. The van der Waals surface area contributed by atoms with Gasteiger partial charge in [0.15, 0.2) is 11.5 Å². The number of nitrogens with one attached hydrogen (secondary N) is 1. The zero-order valence-electron chi connectivity index (χ0n) is 23.8. The summed E-state index contributed by atoms with van der Waals surface area (Å²) < 4.78 is 70.6. The average molecular weight is 618 g/mol. The number of ether oxygens (including phenoxy) is 3. The second-order valence-electron chi connectivity index (χ2n) is 9.58. The summed E-state index contributed by atoms with van der Waals surface area (Å²) in [5, 5.41) is 2.75. The Hall–Kier alpha value is -3.81. The van der Waals surface area contributed by atoms with E-state index in [0.717, 1.165) is 23.6 Å². The number of nitrogens with zero attached hydrogens (tertiary/aromatic N) is 2. The number of carbonyl (C=O) groups excluding carboxylic acids is 1. The first-order valence-electron chi connectivity index (χ1n) is 13.4. The van der Waals surface area contributed by atoms with Crippen molar-refractivity contribution < 1.29 is 35.8 Å². The van der Waals surface area contributed by atoms with Gasteiger partial charge in [-0.15, -0.1) is 0 Å². The van der Waals surface area contributed by atoms with Crippen molar-refractivity contribution in [2.24, 2.45) is 0 Å². The molecular formula is C29H35N3O8S2. The van der Waals surface area contributed by atoms with Crippen molar-refractivity contribution >= 4 is 31.6 Å². The third kappa shape index (κ3) is 6.97. The lowest BCUT2D eigenvalue weighted by Gasteiger charge is -2.25. The summed E-state index contributed by atoms with van der Waals surface area (Å²) >= 11 is 0. The van der Waals surface area contributed by atoms with E-state index >= 15 is 0 Å². The van der Waals surface area contributed by atoms with Gasteiger partial charge in [-0.05, 0) is 73.5 Å². The lowest BCUT2D eigenvalue weighted by Crippen LogP contribution is -2.35. The molecule has 0 bridgehead atoms. The second kappa shape index (κ2) is 13.4. The predicted molar refractivity (Wildman–Crippen MR) is 158 cm³/mol. The molecule has 0 spiro atoms. The Morgan fingerprint density at radius 2 is 1.45 bits per heavy atom. The van der Waals surface area contributed by atoms with Crippen LogP contribution in [0.1, 0.15) is 29.6 Å². The molecule has 226 valence electrons. The highest BCUT2D eigenvalue weighted by Gasteiger charge is 2.26. The van der Waals surface area contributed by atoms with E-state index < -0.39 is 20.0 Å². The molecule has 0 saturated carbocycles. The van der Waals surface area contributed by atoms with E-state index in [-0.39, 0.29) is 28.8 Å². The summed E-state index contributed by atoms with van der Waals surface area (Å²) in [6, 6.07) is 16.8. The molecule has 3 aromatic carbocycles. The zero-order chi connectivity index (χ0) is 30.3. The van der Waals surface area contributed by atoms with Gasteiger partial charge in [0, 0.05) is 31.8 Å². The molecule has 1 aliphatic rings. The van der Waals surface area contributed by atoms with Gasteiger partial charge in [-0.3, -0.25) is 9.10 Å². The van der Waals surface area contributed by atoms with Crippen LogP contribution in [0.15, 0.2) is 76.5 Å². The summed E-state index contributed by atoms with van der Waals surface area (Å²) in [7, 11) is -3.09. The average Bonchev–Trinajstić information content (AvgIpc) is 3.02. The number of sulfonamides is 2. The molecule has 1 fully saturated rings. The molecule has 1 aliphatic heterocycles. The number of methoxy groups -OCH3 is 2. The van der Waals surface area contributed by atoms with Crippen LogP contribution in [-0.4, -0.2) is 74.6 Å². The van der Waals surface area contributed by atoms with Gasteiger partial charge in [-0.2, -0.15) is 4.31 Å². The van der Waals surface area contributed by atoms with E-state index in [9.17, 15) is 21.6 Å². The highest BCUT2D eigenvalue weighted by Crippen LogP contribution is 2.31. The Kier molecular flexibility index (Phi) is 9.97. The molecule has 0 aliphatic carbocycles. The smallest absolute Gasteiger partial charge is 0.264 e. The summed E-state index contributed by atoms with van der Waals surface area (Å²) in [6.07, 6.45) is 2.79. The maximum Gasteiger partial charge on any atom is 0.264 e. The fourth-order valence-corrected chi connectivity index (χ4v) is 7.22. The van der Waals surface area contributed by atoms with Crippen LogP contribution < -0.4 is 23.8 Å². The minimum absolute atomic E-state index is 0.0303. The normalized spacial score (nSPS) is 14.2. The maximum atomic E-state index is 13.2. The van der Waals surface area contributed by atoms with Crippen LogP contribution in [-0.2, 0) is 20.0 Å². The molecule has 0 aromatic heterocycles. The van der Waals surface area contributed by atoms with Crippen LogP contribution in [0, 0.1) is 0 Å². The van der Waals surface area contributed by atoms with Gasteiger partial charge in [0.1, 0.15) is 12.4 Å². The first-order chi connectivity index (χ1) is 20.1. The summed E-state index contributed by atoms with van der Waals surface area (Å²) in [5.41, 5.74) is 0.721. The molecule has 1 saturated heterocycles. The van der Waals surface area contributed by atoms with Crippen LogP contribution in [0.25, 0.3) is 0 Å². The van der Waals surface area contributed by atoms with Crippen LogP contribution in [0.5, 0.6) is 17.2 Å². The van der Waals surface area contributed by atoms with E-state index in [1.807, 2.05) is 0 Å².